The van der Waals surface area contributed by atoms with Crippen LogP contribution in [0, 0.1) is 0 Å². The van der Waals surface area contributed by atoms with Crippen LogP contribution in [0.5, 0.6) is 0 Å². The van der Waals surface area contributed by atoms with Gasteiger partial charge in [0.1, 0.15) is 13.2 Å². The summed E-state index contributed by atoms with van der Waals surface area (Å²) in [6, 6.07) is -0.908. The molecule has 0 radical (unpaired) electrons. The van der Waals surface area contributed by atoms with Crippen molar-refractivity contribution in [2.45, 2.75) is 251 Å². The van der Waals surface area contributed by atoms with Gasteiger partial charge in [0.05, 0.1) is 39.9 Å². The van der Waals surface area contributed by atoms with E-state index in [1.807, 2.05) is 27.2 Å². The first-order valence-corrected chi connectivity index (χ1v) is 29.3. The molecule has 0 rings (SSSR count). The Balaban J connectivity index is 4.28. The van der Waals surface area contributed by atoms with Crippen molar-refractivity contribution in [1.82, 2.24) is 5.32 Å². The zero-order chi connectivity index (χ0) is 49.2. The second kappa shape index (κ2) is 48.9. The van der Waals surface area contributed by atoms with Crippen molar-refractivity contribution in [3.8, 4) is 0 Å². The number of hydrogen-bond donors (Lipinski definition) is 2. The van der Waals surface area contributed by atoms with Gasteiger partial charge in [-0.05, 0) is 70.6 Å². The molecule has 0 aliphatic heterocycles. The molecule has 0 aromatic carbocycles. The predicted octanol–water partition coefficient (Wildman–Crippen LogP) is 16.1. The molecule has 390 valence electrons. The van der Waals surface area contributed by atoms with Crippen molar-refractivity contribution < 1.29 is 32.9 Å². The van der Waals surface area contributed by atoms with Crippen LogP contribution >= 0.6 is 7.82 Å². The normalized spacial score (nSPS) is 14.6. The summed E-state index contributed by atoms with van der Waals surface area (Å²) >= 11 is 0. The number of carbonyl (C=O) groups excluding carboxylic acids is 1. The maximum Gasteiger partial charge on any atom is 0.268 e. The molecule has 0 saturated carbocycles. The number of hydrogen-bond acceptors (Lipinski definition) is 6. The van der Waals surface area contributed by atoms with E-state index in [1.165, 1.54) is 154 Å². The molecule has 0 aliphatic rings. The third kappa shape index (κ3) is 51.6. The molecule has 0 spiro atoms. The van der Waals surface area contributed by atoms with Crippen LogP contribution in [-0.2, 0) is 18.4 Å². The maximum atomic E-state index is 13.0. The highest BCUT2D eigenvalue weighted by Crippen LogP contribution is 2.38. The summed E-state index contributed by atoms with van der Waals surface area (Å²) in [5, 5.41) is 13.9. The summed E-state index contributed by atoms with van der Waals surface area (Å²) in [6.07, 6.45) is 66.8. The van der Waals surface area contributed by atoms with Crippen molar-refractivity contribution in [2.24, 2.45) is 0 Å². The number of rotatable bonds is 50. The Morgan fingerprint density at radius 1 is 0.537 bits per heavy atom. The molecule has 2 N–H and O–H groups in total. The first-order chi connectivity index (χ1) is 32.5. The van der Waals surface area contributed by atoms with Gasteiger partial charge in [-0.15, -0.1) is 0 Å². The number of aliphatic hydroxyl groups is 1. The van der Waals surface area contributed by atoms with E-state index in [-0.39, 0.29) is 12.5 Å². The summed E-state index contributed by atoms with van der Waals surface area (Å²) in [4.78, 5) is 25.5. The fourth-order valence-electron chi connectivity index (χ4n) is 7.81. The Hall–Kier alpha value is -2.06. The zero-order valence-electron chi connectivity index (χ0n) is 44.3. The van der Waals surface area contributed by atoms with Gasteiger partial charge >= 0.3 is 0 Å². The molecule has 0 bridgehead atoms. The minimum atomic E-state index is -4.61. The van der Waals surface area contributed by atoms with Gasteiger partial charge in [0.15, 0.2) is 0 Å². The van der Waals surface area contributed by atoms with Gasteiger partial charge in [0.2, 0.25) is 5.91 Å². The standard InChI is InChI=1S/C58H107N2O6P/c1-6-8-10-12-14-16-18-20-22-24-26-28-29-30-31-32-34-36-38-40-42-44-46-48-50-52-58(62)59-56(55-66-67(63,64)65-54-53-60(3,4)5)57(61)51-49-47-45-43-41-39-37-35-33-27-25-23-21-19-17-15-13-11-9-7-2/h8,10,14,16,20,22,26,28,41,43,49,51,56-57,61H,6-7,9,11-13,15,17-19,21,23-25,27,29-40,42,44-48,50,52-55H2,1-5H3,(H-,59,62,63,64)/b10-8-,16-14-,22-20-,28-26-,43-41+,51-49+. The highest BCUT2D eigenvalue weighted by Gasteiger charge is 2.23. The molecule has 8 nitrogen and oxygen atoms in total. The molecule has 9 heteroatoms. The fourth-order valence-corrected chi connectivity index (χ4v) is 8.53. The maximum absolute atomic E-state index is 13.0. The predicted molar refractivity (Wildman–Crippen MR) is 288 cm³/mol. The molecule has 1 amide bonds. The average molecular weight is 959 g/mol. The molecule has 0 aromatic rings. The molecular weight excluding hydrogens is 852 g/mol. The quantitative estimate of drug-likeness (QED) is 0.0272. The smallest absolute Gasteiger partial charge is 0.268 e. The Labute approximate surface area is 414 Å². The van der Waals surface area contributed by atoms with Crippen LogP contribution in [0.15, 0.2) is 72.9 Å². The van der Waals surface area contributed by atoms with E-state index in [0.29, 0.717) is 17.4 Å². The second-order valence-electron chi connectivity index (χ2n) is 19.9. The number of quaternary nitrogens is 1. The van der Waals surface area contributed by atoms with Crippen LogP contribution < -0.4 is 10.2 Å². The van der Waals surface area contributed by atoms with Gasteiger partial charge in [-0.3, -0.25) is 9.36 Å². The summed E-state index contributed by atoms with van der Waals surface area (Å²) in [6.45, 7) is 4.53. The molecule has 0 saturated heterocycles. The lowest BCUT2D eigenvalue weighted by atomic mass is 10.0. The SMILES string of the molecule is CC/C=C\C/C=C\C/C=C\C/C=C\CCCCCCCCCCCCCCC(=O)NC(COP(=O)([O-])OCC[N+](C)(C)C)C(O)/C=C/CC/C=C/CCCCCCCCCCCCCCCC. The summed E-state index contributed by atoms with van der Waals surface area (Å²) in [5.74, 6) is -0.211. The number of unbranched alkanes of at least 4 members (excludes halogenated alkanes) is 27. The van der Waals surface area contributed by atoms with Crippen LogP contribution in [0.4, 0.5) is 0 Å². The first kappa shape index (κ1) is 64.9. The number of aliphatic hydroxyl groups excluding tert-OH is 1. The number of nitrogens with zero attached hydrogens (tertiary/aromatic N) is 1. The topological polar surface area (TPSA) is 108 Å². The van der Waals surface area contributed by atoms with E-state index in [4.69, 9.17) is 9.05 Å². The van der Waals surface area contributed by atoms with Crippen LogP contribution in [0.2, 0.25) is 0 Å². The van der Waals surface area contributed by atoms with Gasteiger partial charge < -0.3 is 28.8 Å². The number of likely N-dealkylation sites (N-methyl/N-ethyl adjacent to an activating group) is 1. The minimum absolute atomic E-state index is 0.00904. The number of phosphoric ester groups is 1. The molecule has 0 heterocycles. The van der Waals surface area contributed by atoms with E-state index in [0.717, 1.165) is 64.2 Å². The van der Waals surface area contributed by atoms with Crippen LogP contribution in [0.25, 0.3) is 0 Å². The Morgan fingerprint density at radius 3 is 1.39 bits per heavy atom. The van der Waals surface area contributed by atoms with Crippen molar-refractivity contribution in [3.63, 3.8) is 0 Å². The Morgan fingerprint density at radius 2 is 0.925 bits per heavy atom. The molecular formula is C58H107N2O6P. The van der Waals surface area contributed by atoms with Crippen molar-refractivity contribution >= 4 is 13.7 Å². The number of phosphoric acid groups is 1. The van der Waals surface area contributed by atoms with Gasteiger partial charge in [-0.1, -0.05) is 234 Å². The Kier molecular flexibility index (Phi) is 47.4. The van der Waals surface area contributed by atoms with Crippen LogP contribution in [0.1, 0.15) is 239 Å². The van der Waals surface area contributed by atoms with E-state index in [2.05, 4.69) is 79.9 Å². The largest absolute Gasteiger partial charge is 0.756 e. The summed E-state index contributed by atoms with van der Waals surface area (Å²) in [5.41, 5.74) is 0. The number of nitrogens with one attached hydrogen (secondary N) is 1. The van der Waals surface area contributed by atoms with E-state index >= 15 is 0 Å². The average Bonchev–Trinajstić information content (AvgIpc) is 3.29. The van der Waals surface area contributed by atoms with Crippen molar-refractivity contribution in [1.29, 1.82) is 0 Å². The first-order valence-electron chi connectivity index (χ1n) is 27.8. The van der Waals surface area contributed by atoms with Gasteiger partial charge in [-0.2, -0.15) is 0 Å². The molecule has 67 heavy (non-hydrogen) atoms. The van der Waals surface area contributed by atoms with Gasteiger partial charge in [0.25, 0.3) is 7.82 Å². The summed E-state index contributed by atoms with van der Waals surface area (Å²) in [7, 11) is 1.24. The lowest BCUT2D eigenvalue weighted by Crippen LogP contribution is -2.45. The molecule has 3 unspecified atom stereocenters. The zero-order valence-corrected chi connectivity index (χ0v) is 45.2. The monoisotopic (exact) mass is 959 g/mol. The third-order valence-electron chi connectivity index (χ3n) is 12.2. The molecule has 0 fully saturated rings. The van der Waals surface area contributed by atoms with Crippen LogP contribution in [0.3, 0.4) is 0 Å². The number of amides is 1. The molecule has 0 aliphatic carbocycles. The van der Waals surface area contributed by atoms with Gasteiger partial charge in [-0.25, -0.2) is 0 Å². The van der Waals surface area contributed by atoms with E-state index in [1.54, 1.807) is 6.08 Å². The summed E-state index contributed by atoms with van der Waals surface area (Å²) < 4.78 is 23.3. The lowest BCUT2D eigenvalue weighted by Gasteiger charge is -2.29. The molecule has 3 atom stereocenters. The van der Waals surface area contributed by atoms with E-state index in [9.17, 15) is 19.4 Å². The highest BCUT2D eigenvalue weighted by molar-refractivity contribution is 7.45. The highest BCUT2D eigenvalue weighted by atomic mass is 31.2. The fraction of sp³-hybridized carbons (Fsp3) is 0.776. The van der Waals surface area contributed by atoms with Crippen LogP contribution in [-0.4, -0.2) is 68.5 Å². The minimum Gasteiger partial charge on any atom is -0.756 e. The number of allylic oxidation sites excluding steroid dienone is 11. The van der Waals surface area contributed by atoms with E-state index < -0.39 is 26.6 Å². The van der Waals surface area contributed by atoms with Gasteiger partial charge in [0, 0.05) is 6.42 Å². The molecule has 0 aromatic heterocycles. The number of carbonyl (C=O) groups is 1. The lowest BCUT2D eigenvalue weighted by molar-refractivity contribution is -0.870. The third-order valence-corrected chi connectivity index (χ3v) is 13.1. The second-order valence-corrected chi connectivity index (χ2v) is 21.3. The van der Waals surface area contributed by atoms with Crippen molar-refractivity contribution in [3.05, 3.63) is 72.9 Å². The van der Waals surface area contributed by atoms with Crippen molar-refractivity contribution in [2.75, 3.05) is 40.9 Å². The Bertz CT molecular complexity index is 1320.